The van der Waals surface area contributed by atoms with Crippen LogP contribution in [0.4, 0.5) is 5.69 Å². The molecule has 28 heavy (non-hydrogen) atoms. The van der Waals surface area contributed by atoms with Gasteiger partial charge in [0.1, 0.15) is 5.75 Å². The van der Waals surface area contributed by atoms with Crippen molar-refractivity contribution in [1.82, 2.24) is 19.9 Å². The zero-order valence-corrected chi connectivity index (χ0v) is 16.7. The molecule has 7 nitrogen and oxygen atoms in total. The van der Waals surface area contributed by atoms with Gasteiger partial charge in [-0.1, -0.05) is 12.1 Å². The Hall–Kier alpha value is -3.09. The summed E-state index contributed by atoms with van der Waals surface area (Å²) in [7, 11) is 1.67. The number of nitrogens with zero attached hydrogens (tertiary/aromatic N) is 4. The maximum Gasteiger partial charge on any atom is 0.217 e. The van der Waals surface area contributed by atoms with E-state index in [9.17, 15) is 4.79 Å². The highest BCUT2D eigenvalue weighted by Crippen LogP contribution is 2.32. The summed E-state index contributed by atoms with van der Waals surface area (Å²) in [4.78, 5) is 18.5. The Kier molecular flexibility index (Phi) is 4.66. The van der Waals surface area contributed by atoms with E-state index < -0.39 is 0 Å². The first kappa shape index (κ1) is 18.3. The smallest absolute Gasteiger partial charge is 0.217 e. The van der Waals surface area contributed by atoms with Crippen molar-refractivity contribution in [3.05, 3.63) is 41.7 Å². The minimum atomic E-state index is 0.0138. The third kappa shape index (κ3) is 3.28. The molecule has 7 heteroatoms. The second-order valence-electron chi connectivity index (χ2n) is 7.32. The highest BCUT2D eigenvalue weighted by molar-refractivity contribution is 5.77. The third-order valence-electron chi connectivity index (χ3n) is 5.14. The number of carbonyl (C=O) groups excluding carboxylic acids is 1. The fraction of sp³-hybridized carbons (Fsp3) is 0.381. The molecule has 0 spiro atoms. The van der Waals surface area contributed by atoms with Crippen LogP contribution in [0.25, 0.3) is 16.9 Å². The lowest BCUT2D eigenvalue weighted by molar-refractivity contribution is -0.119. The first-order valence-electron chi connectivity index (χ1n) is 9.49. The second-order valence-corrected chi connectivity index (χ2v) is 7.32. The number of nitrogens with one attached hydrogen (secondary N) is 1. The number of methoxy groups -OCH3 is 1. The Labute approximate surface area is 164 Å². The van der Waals surface area contributed by atoms with E-state index in [4.69, 9.17) is 14.8 Å². The van der Waals surface area contributed by atoms with Gasteiger partial charge < -0.3 is 15.0 Å². The number of aryl methyl sites for hydroxylation is 2. The Balaban J connectivity index is 1.79. The highest BCUT2D eigenvalue weighted by Gasteiger charge is 2.26. The topological polar surface area (TPSA) is 71.8 Å². The molecule has 0 unspecified atom stereocenters. The Morgan fingerprint density at radius 1 is 1.29 bits per heavy atom. The number of carbonyl (C=O) groups is 1. The summed E-state index contributed by atoms with van der Waals surface area (Å²) in [5, 5.41) is 7.77. The fourth-order valence-corrected chi connectivity index (χ4v) is 3.95. The molecule has 4 rings (SSSR count). The van der Waals surface area contributed by atoms with Gasteiger partial charge in [0.25, 0.3) is 0 Å². The SMILES string of the molecule is COc1cccc(-c2c(C)nc3c(N4CC[C@@H](NC(C)=O)C4)cc(C)nn23)c1. The van der Waals surface area contributed by atoms with Crippen LogP contribution in [0.5, 0.6) is 5.75 Å². The van der Waals surface area contributed by atoms with E-state index >= 15 is 0 Å². The van der Waals surface area contributed by atoms with Gasteiger partial charge in [-0.2, -0.15) is 5.10 Å². The number of anilines is 1. The maximum atomic E-state index is 11.4. The number of hydrogen-bond donors (Lipinski definition) is 1. The lowest BCUT2D eigenvalue weighted by Crippen LogP contribution is -2.35. The van der Waals surface area contributed by atoms with Gasteiger partial charge in [-0.05, 0) is 38.5 Å². The molecule has 0 aliphatic carbocycles. The molecule has 146 valence electrons. The van der Waals surface area contributed by atoms with Gasteiger partial charge in [0.2, 0.25) is 5.91 Å². The number of benzene rings is 1. The molecule has 1 aromatic carbocycles. The van der Waals surface area contributed by atoms with Gasteiger partial charge in [-0.3, -0.25) is 4.79 Å². The molecule has 0 bridgehead atoms. The van der Waals surface area contributed by atoms with Crippen LogP contribution in [0.2, 0.25) is 0 Å². The van der Waals surface area contributed by atoms with Gasteiger partial charge in [-0.25, -0.2) is 9.50 Å². The van der Waals surface area contributed by atoms with Crippen molar-refractivity contribution in [3.8, 4) is 17.0 Å². The Morgan fingerprint density at radius 3 is 2.86 bits per heavy atom. The number of hydrogen-bond acceptors (Lipinski definition) is 5. The molecule has 1 saturated heterocycles. The molecule has 1 fully saturated rings. The van der Waals surface area contributed by atoms with Gasteiger partial charge >= 0.3 is 0 Å². The number of aromatic nitrogens is 3. The molecule has 1 aliphatic heterocycles. The summed E-state index contributed by atoms with van der Waals surface area (Å²) < 4.78 is 7.32. The molecule has 1 amide bonds. The summed E-state index contributed by atoms with van der Waals surface area (Å²) in [5.74, 6) is 0.817. The van der Waals surface area contributed by atoms with Crippen LogP contribution in [0.3, 0.4) is 0 Å². The average molecular weight is 379 g/mol. The molecule has 0 radical (unpaired) electrons. The van der Waals surface area contributed by atoms with Crippen LogP contribution in [0.15, 0.2) is 30.3 Å². The fourth-order valence-electron chi connectivity index (χ4n) is 3.95. The highest BCUT2D eigenvalue weighted by atomic mass is 16.5. The zero-order chi connectivity index (χ0) is 19.8. The first-order chi connectivity index (χ1) is 13.5. The molecule has 1 N–H and O–H groups in total. The summed E-state index contributed by atoms with van der Waals surface area (Å²) >= 11 is 0. The van der Waals surface area contributed by atoms with Crippen LogP contribution in [0, 0.1) is 13.8 Å². The predicted molar refractivity (Wildman–Crippen MR) is 109 cm³/mol. The van der Waals surface area contributed by atoms with E-state index in [0.29, 0.717) is 0 Å². The maximum absolute atomic E-state index is 11.4. The average Bonchev–Trinajstić information content (AvgIpc) is 3.24. The largest absolute Gasteiger partial charge is 0.497 e. The van der Waals surface area contributed by atoms with E-state index in [1.54, 1.807) is 14.0 Å². The van der Waals surface area contributed by atoms with Crippen molar-refractivity contribution < 1.29 is 9.53 Å². The Bertz CT molecular complexity index is 1040. The molecule has 1 aliphatic rings. The van der Waals surface area contributed by atoms with Crippen molar-refractivity contribution in [1.29, 1.82) is 0 Å². The molecular formula is C21H25N5O2. The van der Waals surface area contributed by atoms with Crippen molar-refractivity contribution in [2.75, 3.05) is 25.1 Å². The molecule has 0 saturated carbocycles. The minimum Gasteiger partial charge on any atom is -0.497 e. The summed E-state index contributed by atoms with van der Waals surface area (Å²) in [6.07, 6.45) is 0.926. The van der Waals surface area contributed by atoms with Crippen molar-refractivity contribution in [3.63, 3.8) is 0 Å². The van der Waals surface area contributed by atoms with Gasteiger partial charge in [0.05, 0.1) is 29.9 Å². The number of imidazole rings is 1. The monoisotopic (exact) mass is 379 g/mol. The normalized spacial score (nSPS) is 16.6. The number of fused-ring (bicyclic) bond motifs is 1. The van der Waals surface area contributed by atoms with Gasteiger partial charge in [0.15, 0.2) is 5.65 Å². The lowest BCUT2D eigenvalue weighted by atomic mass is 10.1. The lowest BCUT2D eigenvalue weighted by Gasteiger charge is -2.20. The second kappa shape index (κ2) is 7.14. The van der Waals surface area contributed by atoms with Crippen LogP contribution in [-0.4, -0.2) is 46.7 Å². The van der Waals surface area contributed by atoms with Crippen molar-refractivity contribution in [2.24, 2.45) is 0 Å². The quantitative estimate of drug-likeness (QED) is 0.755. The van der Waals surface area contributed by atoms with Crippen LogP contribution in [0.1, 0.15) is 24.7 Å². The number of rotatable bonds is 4. The molecular weight excluding hydrogens is 354 g/mol. The van der Waals surface area contributed by atoms with Crippen molar-refractivity contribution in [2.45, 2.75) is 33.2 Å². The van der Waals surface area contributed by atoms with Crippen molar-refractivity contribution >= 4 is 17.2 Å². The molecule has 3 heterocycles. The van der Waals surface area contributed by atoms with Gasteiger partial charge in [0, 0.05) is 31.6 Å². The molecule has 1 atom stereocenters. The van der Waals surface area contributed by atoms with Crippen LogP contribution < -0.4 is 15.0 Å². The van der Waals surface area contributed by atoms with Crippen LogP contribution in [-0.2, 0) is 4.79 Å². The number of amides is 1. The summed E-state index contributed by atoms with van der Waals surface area (Å²) in [6, 6.07) is 10.2. The standard InChI is InChI=1S/C21H25N5O2/c1-13-10-19(25-9-8-17(12-25)23-15(3)27)21-22-14(2)20(26(21)24-13)16-6-5-7-18(11-16)28-4/h5-7,10-11,17H,8-9,12H2,1-4H3,(H,23,27)/t17-/m1/s1. The van der Waals surface area contributed by atoms with E-state index in [1.807, 2.05) is 42.6 Å². The number of ether oxygens (including phenoxy) is 1. The van der Waals surface area contributed by atoms with Crippen LogP contribution >= 0.6 is 0 Å². The molecule has 2 aromatic heterocycles. The zero-order valence-electron chi connectivity index (χ0n) is 16.7. The predicted octanol–water partition coefficient (Wildman–Crippen LogP) is 2.74. The summed E-state index contributed by atoms with van der Waals surface area (Å²) in [6.45, 7) is 7.22. The van der Waals surface area contributed by atoms with E-state index in [2.05, 4.69) is 16.3 Å². The Morgan fingerprint density at radius 2 is 2.11 bits per heavy atom. The third-order valence-corrected chi connectivity index (χ3v) is 5.14. The van der Waals surface area contributed by atoms with Gasteiger partial charge in [-0.15, -0.1) is 0 Å². The van der Waals surface area contributed by atoms with E-state index in [-0.39, 0.29) is 11.9 Å². The minimum absolute atomic E-state index is 0.0138. The summed E-state index contributed by atoms with van der Waals surface area (Å²) in [5.41, 5.74) is 5.72. The molecule has 3 aromatic rings. The first-order valence-corrected chi connectivity index (χ1v) is 9.49. The van der Waals surface area contributed by atoms with E-state index in [1.165, 1.54) is 0 Å². The van der Waals surface area contributed by atoms with E-state index in [0.717, 1.165) is 59.2 Å².